The number of carbonyl (C=O) groups excluding carboxylic acids is 1. The van der Waals surface area contributed by atoms with Gasteiger partial charge < -0.3 is 5.73 Å². The Morgan fingerprint density at radius 1 is 1.50 bits per heavy atom. The molecule has 1 atom stereocenters. The van der Waals surface area contributed by atoms with Gasteiger partial charge in [0.2, 0.25) is 0 Å². The minimum atomic E-state index is -0.345. The smallest absolute Gasteiger partial charge is 0.257 e. The first-order valence-corrected chi connectivity index (χ1v) is 7.66. The summed E-state index contributed by atoms with van der Waals surface area (Å²) in [6.07, 6.45) is 2.61. The van der Waals surface area contributed by atoms with E-state index in [2.05, 4.69) is 10.3 Å². The van der Waals surface area contributed by atoms with Gasteiger partial charge in [0.15, 0.2) is 5.13 Å². The molecule has 1 heterocycles. The number of halogens is 2. The van der Waals surface area contributed by atoms with E-state index in [-0.39, 0.29) is 30.2 Å². The molecule has 0 fully saturated rings. The average Bonchev–Trinajstić information content (AvgIpc) is 2.79. The van der Waals surface area contributed by atoms with Crippen molar-refractivity contribution in [1.82, 2.24) is 4.98 Å². The highest BCUT2D eigenvalue weighted by Crippen LogP contribution is 2.29. The second-order valence-electron chi connectivity index (χ2n) is 5.31. The maximum absolute atomic E-state index is 13.1. The van der Waals surface area contributed by atoms with Crippen LogP contribution in [0.1, 0.15) is 32.9 Å². The zero-order chi connectivity index (χ0) is 15.0. The summed E-state index contributed by atoms with van der Waals surface area (Å²) in [6.45, 7) is 1.71. The van der Waals surface area contributed by atoms with Crippen molar-refractivity contribution in [3.05, 3.63) is 45.7 Å². The number of hydrogen-bond acceptors (Lipinski definition) is 4. The van der Waals surface area contributed by atoms with Crippen molar-refractivity contribution in [1.29, 1.82) is 0 Å². The van der Waals surface area contributed by atoms with Gasteiger partial charge in [-0.15, -0.1) is 23.7 Å². The number of rotatable bonds is 2. The summed E-state index contributed by atoms with van der Waals surface area (Å²) >= 11 is 1.47. The first-order valence-electron chi connectivity index (χ1n) is 6.84. The number of fused-ring (bicyclic) bond motifs is 1. The van der Waals surface area contributed by atoms with Gasteiger partial charge in [-0.1, -0.05) is 0 Å². The zero-order valence-corrected chi connectivity index (χ0v) is 13.7. The normalized spacial score (nSPS) is 16.6. The van der Waals surface area contributed by atoms with Gasteiger partial charge in [0.25, 0.3) is 5.91 Å². The molecule has 0 radical (unpaired) electrons. The molecular weight excluding hydrogens is 325 g/mol. The van der Waals surface area contributed by atoms with Crippen LogP contribution in [0.3, 0.4) is 0 Å². The minimum Gasteiger partial charge on any atom is -0.327 e. The van der Waals surface area contributed by atoms with Crippen molar-refractivity contribution >= 4 is 34.8 Å². The quantitative estimate of drug-likeness (QED) is 0.882. The summed E-state index contributed by atoms with van der Waals surface area (Å²) in [5.41, 5.74) is 8.04. The zero-order valence-electron chi connectivity index (χ0n) is 12.1. The third-order valence-corrected chi connectivity index (χ3v) is 4.67. The summed E-state index contributed by atoms with van der Waals surface area (Å²) < 4.78 is 13.1. The van der Waals surface area contributed by atoms with Gasteiger partial charge in [-0.3, -0.25) is 10.1 Å². The fraction of sp³-hybridized carbons (Fsp3) is 0.333. The molecule has 2 aromatic rings. The van der Waals surface area contributed by atoms with E-state index in [0.29, 0.717) is 16.3 Å². The highest BCUT2D eigenvalue weighted by atomic mass is 35.5. The van der Waals surface area contributed by atoms with Crippen LogP contribution < -0.4 is 11.1 Å². The lowest BCUT2D eigenvalue weighted by Crippen LogP contribution is -2.27. The molecule has 0 bridgehead atoms. The molecule has 1 aromatic heterocycles. The molecule has 22 heavy (non-hydrogen) atoms. The predicted octanol–water partition coefficient (Wildman–Crippen LogP) is 3.08. The van der Waals surface area contributed by atoms with Gasteiger partial charge in [0.1, 0.15) is 5.82 Å². The Kier molecular flexibility index (Phi) is 5.16. The predicted molar refractivity (Wildman–Crippen MR) is 88.5 cm³/mol. The average molecular weight is 342 g/mol. The van der Waals surface area contributed by atoms with Crippen LogP contribution in [-0.4, -0.2) is 16.9 Å². The van der Waals surface area contributed by atoms with Crippen LogP contribution in [0, 0.1) is 12.7 Å². The first kappa shape index (κ1) is 16.9. The van der Waals surface area contributed by atoms with Crippen LogP contribution >= 0.6 is 23.7 Å². The van der Waals surface area contributed by atoms with E-state index < -0.39 is 0 Å². The van der Waals surface area contributed by atoms with E-state index in [1.165, 1.54) is 29.5 Å². The van der Waals surface area contributed by atoms with Crippen LogP contribution in [0.5, 0.6) is 0 Å². The van der Waals surface area contributed by atoms with Gasteiger partial charge in [-0.25, -0.2) is 9.37 Å². The van der Waals surface area contributed by atoms with Crippen LogP contribution in [0.2, 0.25) is 0 Å². The van der Waals surface area contributed by atoms with Gasteiger partial charge in [0, 0.05) is 16.5 Å². The van der Waals surface area contributed by atoms with Crippen molar-refractivity contribution in [2.24, 2.45) is 5.73 Å². The topological polar surface area (TPSA) is 68.0 Å². The molecule has 3 N–H and O–H groups in total. The van der Waals surface area contributed by atoms with Crippen molar-refractivity contribution in [2.75, 3.05) is 5.32 Å². The summed E-state index contributed by atoms with van der Waals surface area (Å²) in [7, 11) is 0. The number of thiazole rings is 1. The molecular formula is C15H17ClFN3OS. The van der Waals surface area contributed by atoms with Crippen LogP contribution in [0.4, 0.5) is 9.52 Å². The maximum atomic E-state index is 13.1. The number of carbonyl (C=O) groups is 1. The SMILES string of the molecule is Cc1cc(F)ccc1C(=O)Nc1nc2c(s1)C[C@@H](N)CC2.Cl. The van der Waals surface area contributed by atoms with E-state index in [9.17, 15) is 9.18 Å². The molecule has 7 heteroatoms. The lowest BCUT2D eigenvalue weighted by Gasteiger charge is -2.15. The Morgan fingerprint density at radius 2 is 2.27 bits per heavy atom. The fourth-order valence-corrected chi connectivity index (χ4v) is 3.60. The van der Waals surface area contributed by atoms with Crippen molar-refractivity contribution < 1.29 is 9.18 Å². The van der Waals surface area contributed by atoms with Gasteiger partial charge >= 0.3 is 0 Å². The van der Waals surface area contributed by atoms with Crippen LogP contribution in [0.15, 0.2) is 18.2 Å². The van der Waals surface area contributed by atoms with E-state index in [4.69, 9.17) is 5.73 Å². The summed E-state index contributed by atoms with van der Waals surface area (Å²) in [5, 5.41) is 3.38. The Bertz CT molecular complexity index is 704. The Labute approximate surface area is 138 Å². The number of amides is 1. The number of nitrogens with two attached hydrogens (primary N) is 1. The van der Waals surface area contributed by atoms with Gasteiger partial charge in [0.05, 0.1) is 5.69 Å². The van der Waals surface area contributed by atoms with E-state index >= 15 is 0 Å². The molecule has 1 aromatic carbocycles. The minimum absolute atomic E-state index is 0. The molecule has 1 amide bonds. The highest BCUT2D eigenvalue weighted by Gasteiger charge is 2.21. The molecule has 4 nitrogen and oxygen atoms in total. The monoisotopic (exact) mass is 341 g/mol. The molecule has 0 aliphatic heterocycles. The first-order chi connectivity index (χ1) is 10.0. The van der Waals surface area contributed by atoms with Gasteiger partial charge in [-0.2, -0.15) is 0 Å². The molecule has 3 rings (SSSR count). The largest absolute Gasteiger partial charge is 0.327 e. The number of benzene rings is 1. The summed E-state index contributed by atoms with van der Waals surface area (Å²) in [4.78, 5) is 17.8. The highest BCUT2D eigenvalue weighted by molar-refractivity contribution is 7.15. The Balaban J connectivity index is 0.00000176. The molecule has 0 saturated carbocycles. The van der Waals surface area contributed by atoms with E-state index in [1.54, 1.807) is 6.92 Å². The molecule has 1 aliphatic carbocycles. The van der Waals surface area contributed by atoms with Crippen molar-refractivity contribution in [2.45, 2.75) is 32.2 Å². The lowest BCUT2D eigenvalue weighted by molar-refractivity contribution is 0.102. The molecule has 0 unspecified atom stereocenters. The third kappa shape index (κ3) is 3.45. The second kappa shape index (κ2) is 6.73. The Morgan fingerprint density at radius 3 is 3.00 bits per heavy atom. The maximum Gasteiger partial charge on any atom is 0.257 e. The molecule has 0 spiro atoms. The molecule has 1 aliphatic rings. The number of nitrogens with zero attached hydrogens (tertiary/aromatic N) is 1. The number of hydrogen-bond donors (Lipinski definition) is 2. The fourth-order valence-electron chi connectivity index (χ4n) is 2.50. The molecule has 0 saturated heterocycles. The van der Waals surface area contributed by atoms with E-state index in [1.807, 2.05) is 0 Å². The van der Waals surface area contributed by atoms with Crippen LogP contribution in [-0.2, 0) is 12.8 Å². The number of nitrogens with one attached hydrogen (secondary N) is 1. The third-order valence-electron chi connectivity index (χ3n) is 3.63. The summed E-state index contributed by atoms with van der Waals surface area (Å²) in [6, 6.07) is 4.30. The Hall–Kier alpha value is -1.50. The standard InChI is InChI=1S/C15H16FN3OS.ClH/c1-8-6-9(16)2-4-11(8)14(20)19-15-18-12-5-3-10(17)7-13(12)21-15;/h2,4,6,10H,3,5,7,17H2,1H3,(H,18,19,20);1H/t10-;/m0./s1. The van der Waals surface area contributed by atoms with Crippen molar-refractivity contribution in [3.63, 3.8) is 0 Å². The number of aryl methyl sites for hydroxylation is 2. The van der Waals surface area contributed by atoms with E-state index in [0.717, 1.165) is 29.8 Å². The number of aromatic nitrogens is 1. The van der Waals surface area contributed by atoms with Gasteiger partial charge in [-0.05, 0) is 49.9 Å². The molecule has 118 valence electrons. The van der Waals surface area contributed by atoms with Crippen molar-refractivity contribution in [3.8, 4) is 0 Å². The summed E-state index contributed by atoms with van der Waals surface area (Å²) in [5.74, 6) is -0.606. The van der Waals surface area contributed by atoms with Crippen LogP contribution in [0.25, 0.3) is 0 Å². The number of anilines is 1. The lowest BCUT2D eigenvalue weighted by atomic mass is 9.99. The second-order valence-corrected chi connectivity index (χ2v) is 6.39.